The summed E-state index contributed by atoms with van der Waals surface area (Å²) in [6.07, 6.45) is 2.08. The molecule has 2 unspecified atom stereocenters. The van der Waals surface area contributed by atoms with E-state index in [0.29, 0.717) is 23.7 Å². The third-order valence-electron chi connectivity index (χ3n) is 5.25. The number of halogens is 1. The zero-order valence-corrected chi connectivity index (χ0v) is 17.0. The van der Waals surface area contributed by atoms with Gasteiger partial charge in [0.2, 0.25) is 0 Å². The Morgan fingerprint density at radius 1 is 1.18 bits per heavy atom. The van der Waals surface area contributed by atoms with Crippen molar-refractivity contribution in [2.24, 2.45) is 5.92 Å². The van der Waals surface area contributed by atoms with E-state index in [4.69, 9.17) is 11.6 Å². The Morgan fingerprint density at radius 2 is 1.86 bits per heavy atom. The normalized spacial score (nSPS) is 19.1. The minimum absolute atomic E-state index is 0.0294. The summed E-state index contributed by atoms with van der Waals surface area (Å²) in [7, 11) is 0. The molecule has 3 rings (SSSR count). The van der Waals surface area contributed by atoms with Gasteiger partial charge in [0, 0.05) is 25.1 Å². The van der Waals surface area contributed by atoms with Crippen LogP contribution in [0, 0.1) is 26.7 Å². The monoisotopic (exact) mass is 398 g/mol. The van der Waals surface area contributed by atoms with E-state index >= 15 is 0 Å². The van der Waals surface area contributed by atoms with Gasteiger partial charge in [-0.15, -0.1) is 0 Å². The Balaban J connectivity index is 1.64. The number of rotatable bonds is 5. The molecule has 1 fully saturated rings. The summed E-state index contributed by atoms with van der Waals surface area (Å²) >= 11 is 5.72. The van der Waals surface area contributed by atoms with E-state index in [1.165, 1.54) is 6.20 Å². The van der Waals surface area contributed by atoms with Crippen LogP contribution in [0.5, 0.6) is 0 Å². The smallest absolute Gasteiger partial charge is 0.252 e. The number of benzene rings is 1. The van der Waals surface area contributed by atoms with Crippen LogP contribution >= 0.6 is 11.6 Å². The minimum atomic E-state index is -0.679. The van der Waals surface area contributed by atoms with Crippen molar-refractivity contribution >= 4 is 29.1 Å². The molecule has 1 aromatic carbocycles. The molecule has 2 aromatic rings. The molecule has 5 nitrogen and oxygen atoms in total. The number of aryl methyl sites for hydroxylation is 3. The van der Waals surface area contributed by atoms with Crippen LogP contribution in [0.2, 0.25) is 5.15 Å². The maximum absolute atomic E-state index is 12.9. The number of hydrogen-bond donors (Lipinski definition) is 1. The molecule has 1 aliphatic rings. The van der Waals surface area contributed by atoms with Crippen molar-refractivity contribution in [3.8, 4) is 0 Å². The molecule has 2 atom stereocenters. The number of nitrogens with zero attached hydrogens (tertiary/aromatic N) is 1. The zero-order valence-electron chi connectivity index (χ0n) is 16.2. The molecule has 0 bridgehead atoms. The van der Waals surface area contributed by atoms with E-state index in [9.17, 15) is 14.4 Å². The average Bonchev–Trinajstić information content (AvgIpc) is 2.89. The van der Waals surface area contributed by atoms with Gasteiger partial charge in [-0.05, 0) is 56.0 Å². The molecule has 1 aliphatic carbocycles. The third kappa shape index (κ3) is 4.14. The zero-order chi connectivity index (χ0) is 20.4. The summed E-state index contributed by atoms with van der Waals surface area (Å²) in [4.78, 5) is 41.6. The summed E-state index contributed by atoms with van der Waals surface area (Å²) in [6.45, 7) is 6.22. The lowest BCUT2D eigenvalue weighted by Crippen LogP contribution is -2.27. The van der Waals surface area contributed by atoms with E-state index < -0.39 is 5.92 Å². The Bertz CT molecular complexity index is 914. The predicted octanol–water partition coefficient (Wildman–Crippen LogP) is 3.72. The number of nitrogens with one attached hydrogen (secondary N) is 1. The highest BCUT2D eigenvalue weighted by Gasteiger charge is 2.42. The Hall–Kier alpha value is -2.53. The Kier molecular flexibility index (Phi) is 5.94. The number of aromatic nitrogens is 1. The molecule has 28 heavy (non-hydrogen) atoms. The molecule has 0 radical (unpaired) electrons. The van der Waals surface area contributed by atoms with Gasteiger partial charge in [-0.25, -0.2) is 4.98 Å². The molecule has 0 aliphatic heterocycles. The van der Waals surface area contributed by atoms with Crippen LogP contribution in [0.3, 0.4) is 0 Å². The van der Waals surface area contributed by atoms with Crippen molar-refractivity contribution in [2.45, 2.75) is 39.5 Å². The quantitative estimate of drug-likeness (QED) is 0.615. The first-order chi connectivity index (χ1) is 13.3. The average molecular weight is 399 g/mol. The molecule has 1 amide bonds. The minimum Gasteiger partial charge on any atom is -0.352 e. The first-order valence-electron chi connectivity index (χ1n) is 9.32. The van der Waals surface area contributed by atoms with Gasteiger partial charge in [-0.1, -0.05) is 29.3 Å². The van der Waals surface area contributed by atoms with Gasteiger partial charge in [0.05, 0.1) is 5.56 Å². The van der Waals surface area contributed by atoms with Crippen LogP contribution in [-0.2, 0) is 9.59 Å². The molecule has 1 saturated carbocycles. The van der Waals surface area contributed by atoms with E-state index in [-0.39, 0.29) is 29.8 Å². The summed E-state index contributed by atoms with van der Waals surface area (Å²) in [6, 6.07) is 7.16. The van der Waals surface area contributed by atoms with Crippen molar-refractivity contribution in [3.63, 3.8) is 0 Å². The number of carbonyl (C=O) groups is 3. The molecule has 6 heteroatoms. The van der Waals surface area contributed by atoms with Crippen LogP contribution in [0.4, 0.5) is 0 Å². The first-order valence-corrected chi connectivity index (χ1v) is 9.69. The number of pyridine rings is 1. The molecule has 0 spiro atoms. The highest BCUT2D eigenvalue weighted by atomic mass is 35.5. The molecular formula is C22H23ClN2O3. The highest BCUT2D eigenvalue weighted by Crippen LogP contribution is 2.37. The summed E-state index contributed by atoms with van der Waals surface area (Å²) in [5.41, 5.74) is 4.33. The standard InChI is InChI=1S/C22H23ClN2O3/c1-12-8-13(2)19(14(3)9-12)20-17(26)10-15(21(20)27)6-7-24-22(28)16-4-5-18(23)25-11-16/h4-5,8-9,11,15,20H,6-7,10H2,1-3H3,(H,24,28). The highest BCUT2D eigenvalue weighted by molar-refractivity contribution is 6.29. The van der Waals surface area contributed by atoms with Crippen molar-refractivity contribution in [2.75, 3.05) is 6.54 Å². The van der Waals surface area contributed by atoms with Crippen molar-refractivity contribution in [1.82, 2.24) is 10.3 Å². The largest absolute Gasteiger partial charge is 0.352 e. The number of amides is 1. The fraction of sp³-hybridized carbons (Fsp3) is 0.364. The maximum atomic E-state index is 12.9. The van der Waals surface area contributed by atoms with E-state index in [1.54, 1.807) is 12.1 Å². The maximum Gasteiger partial charge on any atom is 0.252 e. The number of Topliss-reactive ketones (excluding diaryl/α,β-unsaturated/α-hetero) is 2. The Morgan fingerprint density at radius 3 is 2.46 bits per heavy atom. The summed E-state index contributed by atoms with van der Waals surface area (Å²) in [5, 5.41) is 3.10. The van der Waals surface area contributed by atoms with Crippen LogP contribution in [-0.4, -0.2) is 29.0 Å². The SMILES string of the molecule is Cc1cc(C)c(C2C(=O)CC(CCNC(=O)c3ccc(Cl)nc3)C2=O)c(C)c1. The number of hydrogen-bond acceptors (Lipinski definition) is 4. The van der Waals surface area contributed by atoms with Crippen LogP contribution in [0.1, 0.15) is 51.4 Å². The second-order valence-electron chi connectivity index (χ2n) is 7.43. The number of carbonyl (C=O) groups excluding carboxylic acids is 3. The van der Waals surface area contributed by atoms with Crippen molar-refractivity contribution in [1.29, 1.82) is 0 Å². The van der Waals surface area contributed by atoms with Gasteiger partial charge < -0.3 is 5.32 Å². The predicted molar refractivity (Wildman–Crippen MR) is 108 cm³/mol. The summed E-state index contributed by atoms with van der Waals surface area (Å²) < 4.78 is 0. The van der Waals surface area contributed by atoms with E-state index in [2.05, 4.69) is 10.3 Å². The van der Waals surface area contributed by atoms with Crippen LogP contribution in [0.15, 0.2) is 30.5 Å². The fourth-order valence-corrected chi connectivity index (χ4v) is 4.13. The summed E-state index contributed by atoms with van der Waals surface area (Å²) in [5.74, 6) is -1.38. The molecule has 1 aromatic heterocycles. The Labute approximate surface area is 169 Å². The molecule has 1 N–H and O–H groups in total. The van der Waals surface area contributed by atoms with E-state index in [0.717, 1.165) is 22.3 Å². The second kappa shape index (κ2) is 8.23. The fourth-order valence-electron chi connectivity index (χ4n) is 4.02. The van der Waals surface area contributed by atoms with Gasteiger partial charge in [0.25, 0.3) is 5.91 Å². The topological polar surface area (TPSA) is 76.1 Å². The van der Waals surface area contributed by atoms with Gasteiger partial charge in [-0.3, -0.25) is 14.4 Å². The number of ketones is 2. The molecular weight excluding hydrogens is 376 g/mol. The van der Waals surface area contributed by atoms with Gasteiger partial charge >= 0.3 is 0 Å². The van der Waals surface area contributed by atoms with Crippen molar-refractivity contribution < 1.29 is 14.4 Å². The lowest BCUT2D eigenvalue weighted by Gasteiger charge is -2.16. The lowest BCUT2D eigenvalue weighted by molar-refractivity contribution is -0.124. The van der Waals surface area contributed by atoms with Crippen LogP contribution in [0.25, 0.3) is 0 Å². The van der Waals surface area contributed by atoms with Gasteiger partial charge in [0.15, 0.2) is 5.78 Å². The van der Waals surface area contributed by atoms with Crippen LogP contribution < -0.4 is 5.32 Å². The lowest BCUT2D eigenvalue weighted by atomic mass is 9.86. The molecule has 0 saturated heterocycles. The first kappa shape index (κ1) is 20.2. The van der Waals surface area contributed by atoms with Crippen molar-refractivity contribution in [3.05, 3.63) is 63.4 Å². The van der Waals surface area contributed by atoms with Gasteiger partial charge in [0.1, 0.15) is 16.9 Å². The third-order valence-corrected chi connectivity index (χ3v) is 5.47. The van der Waals surface area contributed by atoms with Gasteiger partial charge in [-0.2, -0.15) is 0 Å². The van der Waals surface area contributed by atoms with E-state index in [1.807, 2.05) is 32.9 Å². The second-order valence-corrected chi connectivity index (χ2v) is 7.82. The molecule has 1 heterocycles. The molecule has 146 valence electrons.